The Balaban J connectivity index is 2.97. The van der Waals surface area contributed by atoms with Crippen LogP contribution in [0.1, 0.15) is 33.1 Å². The summed E-state index contributed by atoms with van der Waals surface area (Å²) in [5.41, 5.74) is 0. The molecule has 0 saturated heterocycles. The molecule has 0 fully saturated rings. The van der Waals surface area contributed by atoms with Gasteiger partial charge < -0.3 is 4.79 Å². The van der Waals surface area contributed by atoms with Crippen molar-refractivity contribution in [3.63, 3.8) is 0 Å². The van der Waals surface area contributed by atoms with Crippen LogP contribution >= 0.6 is 0 Å². The van der Waals surface area contributed by atoms with Gasteiger partial charge in [0, 0.05) is 6.42 Å². The molecule has 0 saturated carbocycles. The first kappa shape index (κ1) is 7.67. The summed E-state index contributed by atoms with van der Waals surface area (Å²) in [6, 6.07) is 0. The van der Waals surface area contributed by atoms with Gasteiger partial charge in [0.1, 0.15) is 6.29 Å². The van der Waals surface area contributed by atoms with E-state index in [1.54, 1.807) is 0 Å². The summed E-state index contributed by atoms with van der Waals surface area (Å²) in [4.78, 5) is 9.81. The van der Waals surface area contributed by atoms with Crippen molar-refractivity contribution in [2.75, 3.05) is 0 Å². The average Bonchev–Trinajstić information content (AvgIpc) is 1.83. The van der Waals surface area contributed by atoms with Gasteiger partial charge in [-0.15, -0.1) is 0 Å². The summed E-state index contributed by atoms with van der Waals surface area (Å²) in [7, 11) is 0. The van der Waals surface area contributed by atoms with Gasteiger partial charge in [0.05, 0.1) is 0 Å². The second-order valence-electron chi connectivity index (χ2n) is 2.02. The molecule has 0 aliphatic heterocycles. The summed E-state index contributed by atoms with van der Waals surface area (Å²) in [5.74, 6) is 1.41. The summed E-state index contributed by atoms with van der Waals surface area (Å²) in [6.45, 7) is 4.20. The van der Waals surface area contributed by atoms with Crippen LogP contribution in [0.15, 0.2) is 0 Å². The zero-order chi connectivity index (χ0) is 6.41. The molecule has 0 bridgehead atoms. The molecule has 1 heteroatoms. The van der Waals surface area contributed by atoms with E-state index < -0.39 is 0 Å². The minimum Gasteiger partial charge on any atom is -0.303 e. The molecule has 0 heterocycles. The molecule has 0 aromatic rings. The van der Waals surface area contributed by atoms with Gasteiger partial charge in [-0.2, -0.15) is 0 Å². The van der Waals surface area contributed by atoms with Gasteiger partial charge in [-0.3, -0.25) is 0 Å². The van der Waals surface area contributed by atoms with Gasteiger partial charge in [0.15, 0.2) is 0 Å². The van der Waals surface area contributed by atoms with E-state index >= 15 is 0 Å². The maximum atomic E-state index is 9.81. The Morgan fingerprint density at radius 2 is 2.25 bits per heavy atom. The number of carbonyl (C=O) groups is 1. The lowest BCUT2D eigenvalue weighted by Crippen LogP contribution is -1.88. The van der Waals surface area contributed by atoms with Crippen molar-refractivity contribution in [1.29, 1.82) is 0 Å². The van der Waals surface area contributed by atoms with E-state index in [0.717, 1.165) is 19.1 Å². The third kappa shape index (κ3) is 3.85. The van der Waals surface area contributed by atoms with Crippen molar-refractivity contribution in [3.8, 4) is 0 Å². The normalized spacial score (nSPS) is 9.88. The largest absolute Gasteiger partial charge is 0.303 e. The lowest BCUT2D eigenvalue weighted by molar-refractivity contribution is -0.107. The Bertz CT molecular complexity index is 59.4. The molecule has 0 aromatic carbocycles. The molecule has 0 N–H and O–H groups in total. The van der Waals surface area contributed by atoms with Crippen LogP contribution in [-0.2, 0) is 4.79 Å². The van der Waals surface area contributed by atoms with Crippen LogP contribution in [0.4, 0.5) is 0 Å². The fourth-order valence-corrected chi connectivity index (χ4v) is 0.482. The summed E-state index contributed by atoms with van der Waals surface area (Å²) >= 11 is 0. The van der Waals surface area contributed by atoms with Gasteiger partial charge >= 0.3 is 0 Å². The van der Waals surface area contributed by atoms with E-state index in [1.807, 2.05) is 0 Å². The third-order valence-electron chi connectivity index (χ3n) is 1.29. The average molecular weight is 113 g/mol. The molecule has 1 nitrogen and oxygen atoms in total. The van der Waals surface area contributed by atoms with E-state index in [2.05, 4.69) is 13.8 Å². The van der Waals surface area contributed by atoms with E-state index in [9.17, 15) is 4.79 Å². The zero-order valence-corrected chi connectivity index (χ0v) is 5.61. The first-order chi connectivity index (χ1) is 3.81. The van der Waals surface area contributed by atoms with E-state index in [0.29, 0.717) is 6.42 Å². The van der Waals surface area contributed by atoms with E-state index in [1.165, 1.54) is 5.92 Å². The second kappa shape index (κ2) is 4.82. The SMILES string of the molecule is CC[C](C)CCC=O. The Morgan fingerprint density at radius 3 is 2.62 bits per heavy atom. The monoisotopic (exact) mass is 113 g/mol. The minimum absolute atomic E-state index is 0.694. The molecule has 47 valence electrons. The molecular weight excluding hydrogens is 100 g/mol. The molecule has 0 aliphatic rings. The molecule has 8 heavy (non-hydrogen) atoms. The van der Waals surface area contributed by atoms with Crippen LogP contribution < -0.4 is 0 Å². The topological polar surface area (TPSA) is 17.1 Å². The zero-order valence-electron chi connectivity index (χ0n) is 5.61. The van der Waals surface area contributed by atoms with Gasteiger partial charge in [0.25, 0.3) is 0 Å². The Kier molecular flexibility index (Phi) is 4.62. The lowest BCUT2D eigenvalue weighted by Gasteiger charge is -2.01. The Labute approximate surface area is 51.1 Å². The molecule has 0 amide bonds. The van der Waals surface area contributed by atoms with Crippen molar-refractivity contribution in [2.45, 2.75) is 33.1 Å². The summed E-state index contributed by atoms with van der Waals surface area (Å²) in [5, 5.41) is 0. The Morgan fingerprint density at radius 1 is 1.62 bits per heavy atom. The van der Waals surface area contributed by atoms with Crippen LogP contribution in [-0.4, -0.2) is 6.29 Å². The molecule has 0 atom stereocenters. The van der Waals surface area contributed by atoms with Crippen LogP contribution in [0.25, 0.3) is 0 Å². The van der Waals surface area contributed by atoms with Gasteiger partial charge in [0.2, 0.25) is 0 Å². The maximum absolute atomic E-state index is 9.81. The van der Waals surface area contributed by atoms with Crippen molar-refractivity contribution >= 4 is 6.29 Å². The Hall–Kier alpha value is -0.330. The minimum atomic E-state index is 0.694. The smallest absolute Gasteiger partial charge is 0.120 e. The molecule has 0 unspecified atom stereocenters. The van der Waals surface area contributed by atoms with Gasteiger partial charge in [-0.25, -0.2) is 0 Å². The molecular formula is C7H13O. The predicted molar refractivity (Wildman–Crippen MR) is 34.5 cm³/mol. The van der Waals surface area contributed by atoms with Gasteiger partial charge in [-0.05, 0) is 12.3 Å². The first-order valence-corrected chi connectivity index (χ1v) is 3.06. The molecule has 0 spiro atoms. The summed E-state index contributed by atoms with van der Waals surface area (Å²) < 4.78 is 0. The highest BCUT2D eigenvalue weighted by Crippen LogP contribution is 2.09. The number of hydrogen-bond acceptors (Lipinski definition) is 1. The number of rotatable bonds is 4. The van der Waals surface area contributed by atoms with Crippen LogP contribution in [0, 0.1) is 5.92 Å². The molecule has 0 rings (SSSR count). The van der Waals surface area contributed by atoms with Crippen LogP contribution in [0.5, 0.6) is 0 Å². The molecule has 0 aromatic heterocycles. The van der Waals surface area contributed by atoms with Crippen molar-refractivity contribution in [1.82, 2.24) is 0 Å². The van der Waals surface area contributed by atoms with Crippen molar-refractivity contribution in [2.24, 2.45) is 0 Å². The standard InChI is InChI=1S/C7H13O/c1-3-7(2)5-4-6-8/h6H,3-5H2,1-2H3. The van der Waals surface area contributed by atoms with Gasteiger partial charge in [-0.1, -0.05) is 20.3 Å². The quantitative estimate of drug-likeness (QED) is 0.509. The lowest BCUT2D eigenvalue weighted by atomic mass is 10.0. The van der Waals surface area contributed by atoms with Crippen LogP contribution in [0.3, 0.4) is 0 Å². The third-order valence-corrected chi connectivity index (χ3v) is 1.29. The highest BCUT2D eigenvalue weighted by molar-refractivity contribution is 5.49. The fourth-order valence-electron chi connectivity index (χ4n) is 0.482. The maximum Gasteiger partial charge on any atom is 0.120 e. The summed E-state index contributed by atoms with van der Waals surface area (Å²) in [6.07, 6.45) is 3.74. The number of aldehydes is 1. The van der Waals surface area contributed by atoms with Crippen molar-refractivity contribution in [3.05, 3.63) is 5.92 Å². The van der Waals surface area contributed by atoms with Crippen molar-refractivity contribution < 1.29 is 4.79 Å². The highest BCUT2D eigenvalue weighted by atomic mass is 16.1. The second-order valence-corrected chi connectivity index (χ2v) is 2.02. The van der Waals surface area contributed by atoms with Crippen LogP contribution in [0.2, 0.25) is 0 Å². The van der Waals surface area contributed by atoms with E-state index in [4.69, 9.17) is 0 Å². The molecule has 1 radical (unpaired) electrons. The fraction of sp³-hybridized carbons (Fsp3) is 0.714. The van der Waals surface area contributed by atoms with E-state index in [-0.39, 0.29) is 0 Å². The number of hydrogen-bond donors (Lipinski definition) is 0. The molecule has 0 aliphatic carbocycles. The predicted octanol–water partition coefficient (Wildman–Crippen LogP) is 1.97. The first-order valence-electron chi connectivity index (χ1n) is 3.06. The number of carbonyl (C=O) groups excluding carboxylic acids is 1. The highest BCUT2D eigenvalue weighted by Gasteiger charge is 1.95.